The lowest BCUT2D eigenvalue weighted by Gasteiger charge is -2.21. The maximum absolute atomic E-state index is 9.34. The lowest BCUT2D eigenvalue weighted by molar-refractivity contribution is -0.0980. The van der Waals surface area contributed by atoms with Crippen LogP contribution in [0.4, 0.5) is 5.82 Å². The highest BCUT2D eigenvalue weighted by Crippen LogP contribution is 2.33. The Morgan fingerprint density at radius 1 is 0.953 bits per heavy atom. The maximum Gasteiger partial charge on any atom is 0.220 e. The first kappa shape index (κ1) is 34.4. The van der Waals surface area contributed by atoms with Gasteiger partial charge in [0.15, 0.2) is 5.90 Å². The molecule has 1 saturated carbocycles. The Balaban J connectivity index is 0.000000233. The molecule has 43 heavy (non-hydrogen) atoms. The molecule has 1 aliphatic rings. The molecule has 228 valence electrons. The van der Waals surface area contributed by atoms with Crippen molar-refractivity contribution in [3.63, 3.8) is 0 Å². The molecule has 0 amide bonds. The largest absolute Gasteiger partial charge is 0.508 e. The Morgan fingerprint density at radius 2 is 1.65 bits per heavy atom. The molecule has 4 aromatic rings. The van der Waals surface area contributed by atoms with Gasteiger partial charge in [0, 0.05) is 38.3 Å². The summed E-state index contributed by atoms with van der Waals surface area (Å²) in [6.45, 7) is 4.45. The predicted molar refractivity (Wildman–Crippen MR) is 175 cm³/mol. The van der Waals surface area contributed by atoms with E-state index in [9.17, 15) is 5.11 Å². The highest BCUT2D eigenvalue weighted by molar-refractivity contribution is 5.98. The minimum absolute atomic E-state index is 0.00744. The summed E-state index contributed by atoms with van der Waals surface area (Å²) in [5.41, 5.74) is 4.08. The Labute approximate surface area is 255 Å². The summed E-state index contributed by atoms with van der Waals surface area (Å²) in [7, 11) is 3.76. The number of carbonyl (C=O) groups is 1. The summed E-state index contributed by atoms with van der Waals surface area (Å²) in [4.78, 5) is 8.00. The van der Waals surface area contributed by atoms with Gasteiger partial charge >= 0.3 is 0 Å². The van der Waals surface area contributed by atoms with Crippen LogP contribution >= 0.6 is 0 Å². The van der Waals surface area contributed by atoms with Crippen molar-refractivity contribution in [3.05, 3.63) is 108 Å². The number of aromatic nitrogens is 2. The van der Waals surface area contributed by atoms with E-state index in [1.54, 1.807) is 29.9 Å². The van der Waals surface area contributed by atoms with E-state index < -0.39 is 0 Å². The van der Waals surface area contributed by atoms with Gasteiger partial charge in [0.2, 0.25) is 5.90 Å². The number of ether oxygens (including phenoxy) is 1. The molecule has 9 heteroatoms. The number of hydrogen-bond acceptors (Lipinski definition) is 8. The van der Waals surface area contributed by atoms with Crippen LogP contribution in [-0.2, 0) is 16.1 Å². The van der Waals surface area contributed by atoms with Gasteiger partial charge in [0.25, 0.3) is 0 Å². The van der Waals surface area contributed by atoms with Crippen molar-refractivity contribution in [1.29, 1.82) is 10.8 Å². The van der Waals surface area contributed by atoms with Crippen LogP contribution in [0.25, 0.3) is 5.69 Å². The zero-order valence-electron chi connectivity index (χ0n) is 25.3. The smallest absolute Gasteiger partial charge is 0.220 e. The summed E-state index contributed by atoms with van der Waals surface area (Å²) in [6, 6.07) is 27.2. The van der Waals surface area contributed by atoms with Gasteiger partial charge in [0.05, 0.1) is 5.69 Å². The SMILES string of the molecule is C=O.CNCc1ccccc1.CNc1ccn(-c2cccc(C(=N)OC(C)=N)c2)n1.Oc1cccc(C2CCCCC2)c1. The average molecular weight is 585 g/mol. The first-order chi connectivity index (χ1) is 20.9. The van der Waals surface area contributed by atoms with Crippen LogP contribution in [0.15, 0.2) is 91.1 Å². The standard InChI is InChI=1S/C13H15N5O.C12H16O.C8H11N.CH2O/c1-9(14)19-13(15)10-4-3-5-11(8-10)18-7-6-12(16-2)17-18;13-12-8-4-7-11(9-12)10-5-2-1-3-6-10;1-9-7-8-5-3-2-4-6-8;1-2/h3-8,14-15H,1-2H3,(H,16,17);4,7-10,13H,1-3,5-6H2;2-6,9H,7H2,1H3;1H2. The monoisotopic (exact) mass is 584 g/mol. The molecule has 5 rings (SSSR count). The van der Waals surface area contributed by atoms with Gasteiger partial charge in [0.1, 0.15) is 18.4 Å². The highest BCUT2D eigenvalue weighted by atomic mass is 16.5. The molecule has 3 aromatic carbocycles. The topological polar surface area (TPSA) is 136 Å². The van der Waals surface area contributed by atoms with E-state index in [1.807, 2.05) is 68.6 Å². The molecule has 0 radical (unpaired) electrons. The van der Waals surface area contributed by atoms with Gasteiger partial charge in [-0.3, -0.25) is 10.8 Å². The van der Waals surface area contributed by atoms with Crippen LogP contribution in [0, 0.1) is 10.8 Å². The second-order valence-corrected chi connectivity index (χ2v) is 9.88. The van der Waals surface area contributed by atoms with Gasteiger partial charge in [-0.05, 0) is 67.3 Å². The fourth-order valence-corrected chi connectivity index (χ4v) is 4.62. The molecular formula is C34H44N6O3. The molecule has 0 spiro atoms. The third-order valence-electron chi connectivity index (χ3n) is 6.64. The second kappa shape index (κ2) is 19.4. The Kier molecular flexibility index (Phi) is 15.5. The Hall–Kier alpha value is -4.76. The van der Waals surface area contributed by atoms with Crippen molar-refractivity contribution >= 4 is 24.4 Å². The van der Waals surface area contributed by atoms with Crippen molar-refractivity contribution in [2.45, 2.75) is 51.5 Å². The number of phenols is 1. The summed E-state index contributed by atoms with van der Waals surface area (Å²) in [5, 5.41) is 34.7. The number of anilines is 1. The predicted octanol–water partition coefficient (Wildman–Crippen LogP) is 6.91. The van der Waals surface area contributed by atoms with Gasteiger partial charge in [-0.15, -0.1) is 0 Å². The van der Waals surface area contributed by atoms with Crippen molar-refractivity contribution < 1.29 is 14.6 Å². The van der Waals surface area contributed by atoms with Crippen molar-refractivity contribution in [2.24, 2.45) is 0 Å². The van der Waals surface area contributed by atoms with Crippen LogP contribution in [0.3, 0.4) is 0 Å². The molecular weight excluding hydrogens is 540 g/mol. The maximum atomic E-state index is 9.34. The van der Waals surface area contributed by atoms with Gasteiger partial charge < -0.3 is 25.3 Å². The number of nitrogens with one attached hydrogen (secondary N) is 4. The van der Waals surface area contributed by atoms with Crippen LogP contribution in [0.5, 0.6) is 5.75 Å². The van der Waals surface area contributed by atoms with E-state index >= 15 is 0 Å². The minimum Gasteiger partial charge on any atom is -0.508 e. The van der Waals surface area contributed by atoms with Crippen LogP contribution in [-0.4, -0.2) is 47.6 Å². The minimum atomic E-state index is -0.0460. The lowest BCUT2D eigenvalue weighted by atomic mass is 9.84. The summed E-state index contributed by atoms with van der Waals surface area (Å²) in [5.74, 6) is 1.82. The Bertz CT molecular complexity index is 1380. The quantitative estimate of drug-likeness (QED) is 0.123. The lowest BCUT2D eigenvalue weighted by Crippen LogP contribution is -2.09. The molecule has 0 saturated heterocycles. The van der Waals surface area contributed by atoms with E-state index in [2.05, 4.69) is 33.9 Å². The highest BCUT2D eigenvalue weighted by Gasteiger charge is 2.15. The Morgan fingerprint density at radius 3 is 2.26 bits per heavy atom. The van der Waals surface area contributed by atoms with Gasteiger partial charge in [-0.1, -0.05) is 67.8 Å². The summed E-state index contributed by atoms with van der Waals surface area (Å²) in [6.07, 6.45) is 8.50. The number of nitrogens with zero attached hydrogens (tertiary/aromatic N) is 2. The third kappa shape index (κ3) is 12.3. The van der Waals surface area contributed by atoms with E-state index in [1.165, 1.54) is 50.2 Å². The van der Waals surface area contributed by atoms with Crippen molar-refractivity contribution in [2.75, 3.05) is 19.4 Å². The van der Waals surface area contributed by atoms with Crippen molar-refractivity contribution in [3.8, 4) is 11.4 Å². The molecule has 0 aliphatic heterocycles. The van der Waals surface area contributed by atoms with Gasteiger partial charge in [-0.25, -0.2) is 4.68 Å². The first-order valence-electron chi connectivity index (χ1n) is 14.3. The fraction of sp³-hybridized carbons (Fsp3) is 0.294. The zero-order chi connectivity index (χ0) is 31.5. The molecule has 1 aromatic heterocycles. The number of rotatable bonds is 6. The molecule has 1 heterocycles. The van der Waals surface area contributed by atoms with Crippen LogP contribution in [0.2, 0.25) is 0 Å². The number of benzene rings is 3. The average Bonchev–Trinajstić information content (AvgIpc) is 3.53. The zero-order valence-corrected chi connectivity index (χ0v) is 25.3. The van der Waals surface area contributed by atoms with Gasteiger partial charge in [-0.2, -0.15) is 5.10 Å². The number of aromatic hydroxyl groups is 1. The first-order valence-corrected chi connectivity index (χ1v) is 14.3. The van der Waals surface area contributed by atoms with Crippen LogP contribution in [0.1, 0.15) is 61.6 Å². The molecule has 0 unspecified atom stereocenters. The van der Waals surface area contributed by atoms with E-state index in [4.69, 9.17) is 20.3 Å². The summed E-state index contributed by atoms with van der Waals surface area (Å²) >= 11 is 0. The molecule has 9 nitrogen and oxygen atoms in total. The van der Waals surface area contributed by atoms with E-state index in [0.717, 1.165) is 18.1 Å². The van der Waals surface area contributed by atoms with Crippen LogP contribution < -0.4 is 10.6 Å². The second-order valence-electron chi connectivity index (χ2n) is 9.88. The number of phenolic OH excluding ortho intramolecular Hbond substituents is 1. The molecule has 1 fully saturated rings. The normalized spacial score (nSPS) is 12.2. The molecule has 0 bridgehead atoms. The number of hydrogen-bond donors (Lipinski definition) is 5. The van der Waals surface area contributed by atoms with E-state index in [0.29, 0.717) is 17.2 Å². The summed E-state index contributed by atoms with van der Waals surface area (Å²) < 4.78 is 6.69. The fourth-order valence-electron chi connectivity index (χ4n) is 4.62. The van der Waals surface area contributed by atoms with E-state index in [-0.39, 0.29) is 11.8 Å². The van der Waals surface area contributed by atoms with Crippen molar-refractivity contribution in [1.82, 2.24) is 15.1 Å². The number of carbonyl (C=O) groups excluding carboxylic acids is 1. The molecule has 0 atom stereocenters. The third-order valence-corrected chi connectivity index (χ3v) is 6.64. The molecule has 1 aliphatic carbocycles. The molecule has 5 N–H and O–H groups in total.